The number of hydrogen-bond donors (Lipinski definition) is 0. The second kappa shape index (κ2) is 7.76. The smallest absolute Gasteiger partial charge is 0.336 e. The summed E-state index contributed by atoms with van der Waals surface area (Å²) in [5.41, 5.74) is 1.96. The van der Waals surface area contributed by atoms with E-state index in [1.54, 1.807) is 18.2 Å². The van der Waals surface area contributed by atoms with Crippen LogP contribution in [-0.2, 0) is 4.79 Å². The van der Waals surface area contributed by atoms with E-state index in [1.165, 1.54) is 18.2 Å². The summed E-state index contributed by atoms with van der Waals surface area (Å²) in [6.07, 6.45) is 3.02. The normalized spacial score (nSPS) is 11.0. The zero-order valence-electron chi connectivity index (χ0n) is 14.9. The predicted molar refractivity (Wildman–Crippen MR) is 109 cm³/mol. The van der Waals surface area contributed by atoms with Crippen molar-refractivity contribution >= 4 is 23.0 Å². The molecule has 4 aromatic rings. The molecular formula is C24H16O4. The summed E-state index contributed by atoms with van der Waals surface area (Å²) in [5, 5.41) is 0.358. The van der Waals surface area contributed by atoms with Gasteiger partial charge in [0.25, 0.3) is 0 Å². The van der Waals surface area contributed by atoms with Gasteiger partial charge in [0.1, 0.15) is 17.1 Å². The molecule has 4 rings (SSSR count). The summed E-state index contributed by atoms with van der Waals surface area (Å²) in [6.45, 7) is 0. The number of ether oxygens (including phenoxy) is 1. The standard InChI is InChI=1S/C24H16O4/c25-21-16-23(18-9-5-2-6-10-18)28-22-13-12-19(15-20(21)22)27-24(26)14-11-17-7-3-1-4-8-17/h1-16H/b14-11+. The summed E-state index contributed by atoms with van der Waals surface area (Å²) in [6, 6.07) is 25.0. The minimum atomic E-state index is -0.520. The van der Waals surface area contributed by atoms with Crippen LogP contribution in [0.4, 0.5) is 0 Å². The average molecular weight is 368 g/mol. The molecule has 1 heterocycles. The first-order valence-corrected chi connectivity index (χ1v) is 8.77. The van der Waals surface area contributed by atoms with Gasteiger partial charge in [0, 0.05) is 17.7 Å². The van der Waals surface area contributed by atoms with E-state index in [-0.39, 0.29) is 11.2 Å². The number of rotatable bonds is 4. The van der Waals surface area contributed by atoms with E-state index >= 15 is 0 Å². The molecule has 1 aromatic heterocycles. The van der Waals surface area contributed by atoms with Crippen molar-refractivity contribution in [3.63, 3.8) is 0 Å². The molecule has 136 valence electrons. The van der Waals surface area contributed by atoms with Crippen molar-refractivity contribution in [3.8, 4) is 17.1 Å². The van der Waals surface area contributed by atoms with Crippen molar-refractivity contribution < 1.29 is 13.9 Å². The molecule has 4 nitrogen and oxygen atoms in total. The Morgan fingerprint density at radius 2 is 1.57 bits per heavy atom. The van der Waals surface area contributed by atoms with Gasteiger partial charge in [0.05, 0.1) is 5.39 Å². The lowest BCUT2D eigenvalue weighted by Crippen LogP contribution is -2.05. The maximum atomic E-state index is 12.5. The molecule has 3 aromatic carbocycles. The fraction of sp³-hybridized carbons (Fsp3) is 0. The molecule has 4 heteroatoms. The van der Waals surface area contributed by atoms with Crippen LogP contribution in [0.5, 0.6) is 5.75 Å². The number of benzene rings is 3. The number of esters is 1. The highest BCUT2D eigenvalue weighted by Crippen LogP contribution is 2.24. The minimum absolute atomic E-state index is 0.196. The summed E-state index contributed by atoms with van der Waals surface area (Å²) in [4.78, 5) is 24.5. The Labute approximate surface area is 161 Å². The van der Waals surface area contributed by atoms with Crippen molar-refractivity contribution in [2.45, 2.75) is 0 Å². The molecular weight excluding hydrogens is 352 g/mol. The highest BCUT2D eigenvalue weighted by Gasteiger charge is 2.09. The summed E-state index contributed by atoms with van der Waals surface area (Å²) < 4.78 is 11.1. The number of fused-ring (bicyclic) bond motifs is 1. The summed E-state index contributed by atoms with van der Waals surface area (Å²) >= 11 is 0. The molecule has 0 aliphatic heterocycles. The Bertz CT molecular complexity index is 1210. The molecule has 0 amide bonds. The maximum absolute atomic E-state index is 12.5. The molecule has 0 saturated heterocycles. The molecule has 0 saturated carbocycles. The van der Waals surface area contributed by atoms with Gasteiger partial charge in [0.2, 0.25) is 0 Å². The molecule has 0 aliphatic carbocycles. The van der Waals surface area contributed by atoms with Crippen molar-refractivity contribution in [1.82, 2.24) is 0 Å². The van der Waals surface area contributed by atoms with Crippen molar-refractivity contribution in [1.29, 1.82) is 0 Å². The van der Waals surface area contributed by atoms with Gasteiger partial charge in [-0.15, -0.1) is 0 Å². The largest absolute Gasteiger partial charge is 0.456 e. The van der Waals surface area contributed by atoms with Crippen LogP contribution in [0.2, 0.25) is 0 Å². The van der Waals surface area contributed by atoms with E-state index in [1.807, 2.05) is 60.7 Å². The molecule has 0 spiro atoms. The van der Waals surface area contributed by atoms with Gasteiger partial charge in [-0.3, -0.25) is 4.79 Å². The second-order valence-electron chi connectivity index (χ2n) is 6.16. The van der Waals surface area contributed by atoms with Crippen LogP contribution in [0.3, 0.4) is 0 Å². The molecule has 0 atom stereocenters. The van der Waals surface area contributed by atoms with Crippen LogP contribution in [0.15, 0.2) is 100 Å². The van der Waals surface area contributed by atoms with Crippen LogP contribution < -0.4 is 10.2 Å². The van der Waals surface area contributed by atoms with Gasteiger partial charge in [-0.05, 0) is 29.8 Å². The van der Waals surface area contributed by atoms with Crippen molar-refractivity contribution in [3.05, 3.63) is 107 Å². The van der Waals surface area contributed by atoms with E-state index in [2.05, 4.69) is 0 Å². The first-order valence-electron chi connectivity index (χ1n) is 8.77. The average Bonchev–Trinajstić information content (AvgIpc) is 2.74. The highest BCUT2D eigenvalue weighted by molar-refractivity contribution is 5.89. The van der Waals surface area contributed by atoms with E-state index in [9.17, 15) is 9.59 Å². The van der Waals surface area contributed by atoms with Crippen molar-refractivity contribution in [2.24, 2.45) is 0 Å². The van der Waals surface area contributed by atoms with Gasteiger partial charge in [-0.2, -0.15) is 0 Å². The predicted octanol–water partition coefficient (Wildman–Crippen LogP) is 5.08. The van der Waals surface area contributed by atoms with Gasteiger partial charge in [-0.25, -0.2) is 4.79 Å². The SMILES string of the molecule is O=C(/C=C/c1ccccc1)Oc1ccc2oc(-c3ccccc3)cc(=O)c2c1. The fourth-order valence-electron chi connectivity index (χ4n) is 2.82. The molecule has 28 heavy (non-hydrogen) atoms. The molecule has 0 bridgehead atoms. The van der Waals surface area contributed by atoms with E-state index in [4.69, 9.17) is 9.15 Å². The van der Waals surface area contributed by atoms with Gasteiger partial charge in [-0.1, -0.05) is 60.7 Å². The van der Waals surface area contributed by atoms with Gasteiger partial charge >= 0.3 is 5.97 Å². The molecule has 0 unspecified atom stereocenters. The Hall–Kier alpha value is -3.92. The number of carbonyl (C=O) groups excluding carboxylic acids is 1. The minimum Gasteiger partial charge on any atom is -0.456 e. The van der Waals surface area contributed by atoms with Crippen LogP contribution >= 0.6 is 0 Å². The molecule has 0 fully saturated rings. The second-order valence-corrected chi connectivity index (χ2v) is 6.16. The lowest BCUT2D eigenvalue weighted by atomic mass is 10.1. The quantitative estimate of drug-likeness (QED) is 0.286. The Morgan fingerprint density at radius 1 is 0.857 bits per heavy atom. The Kier molecular flexibility index (Phi) is 4.85. The van der Waals surface area contributed by atoms with Crippen LogP contribution in [0.25, 0.3) is 28.4 Å². The van der Waals surface area contributed by atoms with Crippen LogP contribution in [0.1, 0.15) is 5.56 Å². The molecule has 0 aliphatic rings. The summed E-state index contributed by atoms with van der Waals surface area (Å²) in [7, 11) is 0. The zero-order chi connectivity index (χ0) is 19.3. The molecule has 0 radical (unpaired) electrons. The van der Waals surface area contributed by atoms with Crippen LogP contribution in [0, 0.1) is 0 Å². The lowest BCUT2D eigenvalue weighted by Gasteiger charge is -2.05. The lowest BCUT2D eigenvalue weighted by molar-refractivity contribution is -0.128. The third kappa shape index (κ3) is 3.91. The maximum Gasteiger partial charge on any atom is 0.336 e. The Morgan fingerprint density at radius 3 is 2.32 bits per heavy atom. The Balaban J connectivity index is 1.58. The third-order valence-electron chi connectivity index (χ3n) is 4.19. The monoisotopic (exact) mass is 368 g/mol. The number of hydrogen-bond acceptors (Lipinski definition) is 4. The summed E-state index contributed by atoms with van der Waals surface area (Å²) in [5.74, 6) is 0.261. The first kappa shape index (κ1) is 17.5. The third-order valence-corrected chi connectivity index (χ3v) is 4.19. The van der Waals surface area contributed by atoms with Crippen molar-refractivity contribution in [2.75, 3.05) is 0 Å². The first-order chi connectivity index (χ1) is 13.7. The van der Waals surface area contributed by atoms with Crippen LogP contribution in [-0.4, -0.2) is 5.97 Å². The van der Waals surface area contributed by atoms with E-state index in [0.717, 1.165) is 11.1 Å². The molecule has 0 N–H and O–H groups in total. The number of carbonyl (C=O) groups is 1. The van der Waals surface area contributed by atoms with Gasteiger partial charge < -0.3 is 9.15 Å². The topological polar surface area (TPSA) is 56.5 Å². The fourth-order valence-corrected chi connectivity index (χ4v) is 2.82. The van der Waals surface area contributed by atoms with E-state index in [0.29, 0.717) is 16.7 Å². The van der Waals surface area contributed by atoms with E-state index < -0.39 is 5.97 Å². The highest BCUT2D eigenvalue weighted by atomic mass is 16.5. The zero-order valence-corrected chi connectivity index (χ0v) is 14.9. The van der Waals surface area contributed by atoms with Gasteiger partial charge in [0.15, 0.2) is 5.43 Å².